The third-order valence-corrected chi connectivity index (χ3v) is 5.45. The first-order valence-corrected chi connectivity index (χ1v) is 9.66. The molecule has 0 aliphatic heterocycles. The highest BCUT2D eigenvalue weighted by Gasteiger charge is 2.19. The summed E-state index contributed by atoms with van der Waals surface area (Å²) in [6.07, 6.45) is 6.24. The number of thiophene rings is 1. The lowest BCUT2D eigenvalue weighted by Gasteiger charge is -2.08. The fourth-order valence-electron chi connectivity index (χ4n) is 3.19. The first kappa shape index (κ1) is 17.6. The number of hydrogen-bond donors (Lipinski definition) is 0. The summed E-state index contributed by atoms with van der Waals surface area (Å²) in [4.78, 5) is 14.1. The number of ketones is 1. The first-order chi connectivity index (χ1) is 12.1. The summed E-state index contributed by atoms with van der Waals surface area (Å²) in [6.45, 7) is 7.51. The summed E-state index contributed by atoms with van der Waals surface area (Å²) < 4.78 is 4.20. The quantitative estimate of drug-likeness (QED) is 0.458. The van der Waals surface area contributed by atoms with Crippen molar-refractivity contribution >= 4 is 17.1 Å². The minimum atomic E-state index is 0.166. The molecular weight excluding hydrogens is 328 g/mol. The van der Waals surface area contributed by atoms with Gasteiger partial charge in [0.25, 0.3) is 0 Å². The van der Waals surface area contributed by atoms with Crippen molar-refractivity contribution in [3.8, 4) is 0 Å². The summed E-state index contributed by atoms with van der Waals surface area (Å²) in [6, 6.07) is 10.4. The molecular formula is C21H25N2OS+. The van der Waals surface area contributed by atoms with Crippen molar-refractivity contribution in [1.29, 1.82) is 0 Å². The van der Waals surface area contributed by atoms with Crippen LogP contribution in [0.5, 0.6) is 0 Å². The van der Waals surface area contributed by atoms with Crippen LogP contribution in [0.25, 0.3) is 0 Å². The number of carbonyl (C=O) groups excluding carboxylic acids is 1. The fourth-order valence-corrected chi connectivity index (χ4v) is 3.88. The predicted molar refractivity (Wildman–Crippen MR) is 102 cm³/mol. The molecule has 0 spiro atoms. The largest absolute Gasteiger partial charge is 0.343 e. The Hall–Kier alpha value is -2.20. The van der Waals surface area contributed by atoms with E-state index < -0.39 is 0 Å². The van der Waals surface area contributed by atoms with Crippen LogP contribution in [0.3, 0.4) is 0 Å². The van der Waals surface area contributed by atoms with Gasteiger partial charge >= 0.3 is 0 Å². The van der Waals surface area contributed by atoms with Gasteiger partial charge in [-0.15, -0.1) is 11.3 Å². The fraction of sp³-hybridized carbons (Fsp3) is 0.333. The van der Waals surface area contributed by atoms with Gasteiger partial charge in [0.15, 0.2) is 12.4 Å². The van der Waals surface area contributed by atoms with E-state index in [1.165, 1.54) is 10.4 Å². The number of aromatic nitrogens is 2. The van der Waals surface area contributed by atoms with Gasteiger partial charge in [-0.05, 0) is 43.3 Å². The second kappa shape index (κ2) is 7.79. The molecule has 0 unspecified atom stereocenters. The predicted octanol–water partition coefficient (Wildman–Crippen LogP) is 4.34. The minimum absolute atomic E-state index is 0.166. The Labute approximate surface area is 153 Å². The van der Waals surface area contributed by atoms with Crippen molar-refractivity contribution in [2.75, 3.05) is 0 Å². The second-order valence-corrected chi connectivity index (χ2v) is 7.53. The minimum Gasteiger partial charge on any atom is -0.343 e. The molecule has 3 rings (SSSR count). The molecule has 4 heteroatoms. The van der Waals surface area contributed by atoms with Crippen LogP contribution >= 0.6 is 11.3 Å². The van der Waals surface area contributed by atoms with Crippen LogP contribution in [-0.4, -0.2) is 10.4 Å². The molecule has 3 aromatic rings. The van der Waals surface area contributed by atoms with Gasteiger partial charge in [0.2, 0.25) is 12.3 Å². The summed E-state index contributed by atoms with van der Waals surface area (Å²) in [5.74, 6) is 0.166. The number of aryl methyl sites for hydroxylation is 2. The third-order valence-electron chi connectivity index (χ3n) is 4.59. The zero-order chi connectivity index (χ0) is 17.8. The summed E-state index contributed by atoms with van der Waals surface area (Å²) >= 11 is 1.75. The van der Waals surface area contributed by atoms with Crippen LogP contribution in [0.4, 0.5) is 0 Å². The van der Waals surface area contributed by atoms with Gasteiger partial charge < -0.3 is 4.57 Å². The molecule has 0 amide bonds. The van der Waals surface area contributed by atoms with Gasteiger partial charge in [0.1, 0.15) is 0 Å². The number of Topliss-reactive ketones (excluding diaryl/α,β-unsaturated/α-hetero) is 1. The van der Waals surface area contributed by atoms with E-state index in [2.05, 4.69) is 48.1 Å². The Morgan fingerprint density at radius 1 is 1.20 bits per heavy atom. The number of pyridine rings is 1. The van der Waals surface area contributed by atoms with Crippen LogP contribution in [-0.2, 0) is 19.5 Å². The Bertz CT molecular complexity index is 845. The number of rotatable bonds is 7. The van der Waals surface area contributed by atoms with Crippen LogP contribution in [0.2, 0.25) is 0 Å². The standard InChI is InChI=1S/C21H25N2OS/c1-4-6-18-8-10-22(11-9-18)15-21(24)20-13-16(2)23(17(20)3)14-19-7-5-12-25-19/h5,7-13H,4,6,14-15H2,1-3H3/q+1. The van der Waals surface area contributed by atoms with Crippen molar-refractivity contribution in [3.05, 3.63) is 75.5 Å². The summed E-state index contributed by atoms with van der Waals surface area (Å²) in [7, 11) is 0. The van der Waals surface area contributed by atoms with Gasteiger partial charge in [-0.1, -0.05) is 19.4 Å². The van der Waals surface area contributed by atoms with Crippen LogP contribution in [0, 0.1) is 13.8 Å². The van der Waals surface area contributed by atoms with Crippen molar-refractivity contribution in [1.82, 2.24) is 4.57 Å². The van der Waals surface area contributed by atoms with E-state index in [1.54, 1.807) is 11.3 Å². The average Bonchev–Trinajstić information content (AvgIpc) is 3.20. The number of nitrogens with zero attached hydrogens (tertiary/aromatic N) is 2. The molecule has 3 aromatic heterocycles. The topological polar surface area (TPSA) is 25.9 Å². The first-order valence-electron chi connectivity index (χ1n) is 8.78. The molecule has 0 aliphatic rings. The highest BCUT2D eigenvalue weighted by Crippen LogP contribution is 2.19. The monoisotopic (exact) mass is 353 g/mol. The van der Waals surface area contributed by atoms with Crippen molar-refractivity contribution in [2.45, 2.75) is 46.7 Å². The lowest BCUT2D eigenvalue weighted by atomic mass is 10.1. The van der Waals surface area contributed by atoms with Crippen LogP contribution in [0.1, 0.15) is 45.5 Å². The Kier molecular flexibility index (Phi) is 5.49. The molecule has 0 radical (unpaired) electrons. The molecule has 0 aliphatic carbocycles. The number of carbonyl (C=O) groups is 1. The molecule has 0 saturated carbocycles. The maximum atomic E-state index is 12.8. The molecule has 0 fully saturated rings. The van der Waals surface area contributed by atoms with E-state index in [4.69, 9.17) is 0 Å². The zero-order valence-corrected chi connectivity index (χ0v) is 16.0. The van der Waals surface area contributed by atoms with Gasteiger partial charge in [-0.3, -0.25) is 4.79 Å². The van der Waals surface area contributed by atoms with Crippen molar-refractivity contribution < 1.29 is 9.36 Å². The van der Waals surface area contributed by atoms with Crippen molar-refractivity contribution in [2.24, 2.45) is 0 Å². The van der Waals surface area contributed by atoms with E-state index in [9.17, 15) is 4.79 Å². The SMILES string of the molecule is CCCc1cc[n+](CC(=O)c2cc(C)n(Cc3cccs3)c2C)cc1. The lowest BCUT2D eigenvalue weighted by molar-refractivity contribution is -0.683. The maximum Gasteiger partial charge on any atom is 0.229 e. The van der Waals surface area contributed by atoms with E-state index in [0.717, 1.165) is 36.3 Å². The number of hydrogen-bond acceptors (Lipinski definition) is 2. The van der Waals surface area contributed by atoms with Crippen LogP contribution < -0.4 is 4.57 Å². The molecule has 0 aromatic carbocycles. The lowest BCUT2D eigenvalue weighted by Crippen LogP contribution is -2.37. The molecule has 3 heterocycles. The molecule has 130 valence electrons. The molecule has 25 heavy (non-hydrogen) atoms. The van der Waals surface area contributed by atoms with E-state index in [-0.39, 0.29) is 5.78 Å². The molecule has 0 saturated heterocycles. The Balaban J connectivity index is 1.76. The van der Waals surface area contributed by atoms with Crippen molar-refractivity contribution in [3.63, 3.8) is 0 Å². The zero-order valence-electron chi connectivity index (χ0n) is 15.2. The van der Waals surface area contributed by atoms with Crippen LogP contribution in [0.15, 0.2) is 48.1 Å². The molecule has 3 nitrogen and oxygen atoms in total. The normalized spacial score (nSPS) is 11.0. The molecule has 0 N–H and O–H groups in total. The second-order valence-electron chi connectivity index (χ2n) is 6.50. The third kappa shape index (κ3) is 4.07. The van der Waals surface area contributed by atoms with Gasteiger partial charge in [0, 0.05) is 34.0 Å². The van der Waals surface area contributed by atoms with E-state index >= 15 is 0 Å². The summed E-state index contributed by atoms with van der Waals surface area (Å²) in [5.41, 5.74) is 4.34. The van der Waals surface area contributed by atoms with E-state index in [1.807, 2.05) is 30.0 Å². The Morgan fingerprint density at radius 3 is 2.60 bits per heavy atom. The van der Waals surface area contributed by atoms with E-state index in [0.29, 0.717) is 6.54 Å². The van der Waals surface area contributed by atoms with Gasteiger partial charge in [0.05, 0.1) is 6.54 Å². The van der Waals surface area contributed by atoms with Gasteiger partial charge in [-0.25, -0.2) is 0 Å². The average molecular weight is 354 g/mol. The highest BCUT2D eigenvalue weighted by molar-refractivity contribution is 7.09. The highest BCUT2D eigenvalue weighted by atomic mass is 32.1. The Morgan fingerprint density at radius 2 is 1.96 bits per heavy atom. The molecule has 0 bridgehead atoms. The molecule has 0 atom stereocenters. The van der Waals surface area contributed by atoms with Gasteiger partial charge in [-0.2, -0.15) is 4.57 Å². The summed E-state index contributed by atoms with van der Waals surface area (Å²) in [5, 5.41) is 2.09. The smallest absolute Gasteiger partial charge is 0.229 e. The maximum absolute atomic E-state index is 12.8.